The number of aromatic carboxylic acids is 1. The summed E-state index contributed by atoms with van der Waals surface area (Å²) in [5.74, 6) is -1.36. The SMILES string of the molecule is CSCn1nc(C(F)(F)F)cc1C(=O)O. The second kappa shape index (κ2) is 4.13. The molecule has 0 aromatic carbocycles. The Kier molecular flexibility index (Phi) is 3.28. The number of thioether (sulfide) groups is 1. The predicted octanol–water partition coefficient (Wildman–Crippen LogP) is 1.92. The van der Waals surface area contributed by atoms with Gasteiger partial charge in [0.25, 0.3) is 0 Å². The van der Waals surface area contributed by atoms with Crippen molar-refractivity contribution in [3.63, 3.8) is 0 Å². The lowest BCUT2D eigenvalue weighted by atomic mass is 10.3. The maximum Gasteiger partial charge on any atom is 0.435 e. The Morgan fingerprint density at radius 1 is 1.67 bits per heavy atom. The summed E-state index contributed by atoms with van der Waals surface area (Å²) in [5, 5.41) is 11.8. The number of aromatic nitrogens is 2. The maximum atomic E-state index is 12.2. The smallest absolute Gasteiger partial charge is 0.435 e. The third-order valence-electron chi connectivity index (χ3n) is 1.54. The van der Waals surface area contributed by atoms with Crippen molar-refractivity contribution < 1.29 is 23.1 Å². The number of carboxylic acid groups (broad SMARTS) is 1. The van der Waals surface area contributed by atoms with Crippen molar-refractivity contribution in [2.24, 2.45) is 0 Å². The first-order valence-electron chi connectivity index (χ1n) is 3.73. The number of halogens is 3. The summed E-state index contributed by atoms with van der Waals surface area (Å²) in [6.07, 6.45) is -2.98. The van der Waals surface area contributed by atoms with E-state index in [2.05, 4.69) is 5.10 Å². The van der Waals surface area contributed by atoms with Gasteiger partial charge in [-0.2, -0.15) is 18.3 Å². The standard InChI is InChI=1S/C7H7F3N2O2S/c1-15-3-12-4(6(13)14)2-5(11-12)7(8,9)10/h2H,3H2,1H3,(H,13,14). The Labute approximate surface area is 87.1 Å². The second-order valence-electron chi connectivity index (χ2n) is 2.64. The highest BCUT2D eigenvalue weighted by Gasteiger charge is 2.35. The highest BCUT2D eigenvalue weighted by Crippen LogP contribution is 2.28. The average molecular weight is 240 g/mol. The molecule has 0 saturated heterocycles. The van der Waals surface area contributed by atoms with Crippen LogP contribution in [0.1, 0.15) is 16.2 Å². The van der Waals surface area contributed by atoms with Crippen LogP contribution in [-0.2, 0) is 12.1 Å². The van der Waals surface area contributed by atoms with E-state index in [4.69, 9.17) is 5.11 Å². The molecule has 1 heterocycles. The number of hydrogen-bond donors (Lipinski definition) is 1. The van der Waals surface area contributed by atoms with Crippen LogP contribution in [0.2, 0.25) is 0 Å². The third kappa shape index (κ3) is 2.65. The number of alkyl halides is 3. The van der Waals surface area contributed by atoms with Crippen molar-refractivity contribution in [3.8, 4) is 0 Å². The number of carbonyl (C=O) groups is 1. The van der Waals surface area contributed by atoms with E-state index in [1.54, 1.807) is 6.26 Å². The fraction of sp³-hybridized carbons (Fsp3) is 0.429. The predicted molar refractivity (Wildman–Crippen MR) is 47.7 cm³/mol. The molecule has 1 rings (SSSR count). The van der Waals surface area contributed by atoms with Crippen molar-refractivity contribution in [1.82, 2.24) is 9.78 Å². The summed E-state index contributed by atoms with van der Waals surface area (Å²) in [4.78, 5) is 10.6. The van der Waals surface area contributed by atoms with Gasteiger partial charge < -0.3 is 5.11 Å². The van der Waals surface area contributed by atoms with Gasteiger partial charge in [-0.3, -0.25) is 0 Å². The minimum absolute atomic E-state index is 0.0672. The molecule has 0 radical (unpaired) electrons. The van der Waals surface area contributed by atoms with Gasteiger partial charge in [-0.25, -0.2) is 9.48 Å². The van der Waals surface area contributed by atoms with Crippen LogP contribution in [0.25, 0.3) is 0 Å². The van der Waals surface area contributed by atoms with E-state index in [1.165, 1.54) is 11.8 Å². The van der Waals surface area contributed by atoms with Gasteiger partial charge in [0, 0.05) is 6.07 Å². The van der Waals surface area contributed by atoms with Gasteiger partial charge in [0.05, 0.1) is 5.88 Å². The van der Waals surface area contributed by atoms with Crippen LogP contribution in [0.5, 0.6) is 0 Å². The van der Waals surface area contributed by atoms with Gasteiger partial charge in [-0.15, -0.1) is 11.8 Å². The molecule has 1 aromatic rings. The van der Waals surface area contributed by atoms with Crippen LogP contribution < -0.4 is 0 Å². The first-order valence-corrected chi connectivity index (χ1v) is 5.13. The topological polar surface area (TPSA) is 55.1 Å². The molecule has 15 heavy (non-hydrogen) atoms. The molecule has 0 bridgehead atoms. The van der Waals surface area contributed by atoms with Gasteiger partial charge in [-0.1, -0.05) is 0 Å². The number of nitrogens with zero attached hydrogens (tertiary/aromatic N) is 2. The molecule has 0 spiro atoms. The molecular formula is C7H7F3N2O2S. The summed E-state index contributed by atoms with van der Waals surface area (Å²) in [6, 6.07) is 0.526. The molecule has 0 aliphatic carbocycles. The number of hydrogen-bond acceptors (Lipinski definition) is 3. The summed E-state index contributed by atoms with van der Waals surface area (Å²) >= 11 is 1.18. The third-order valence-corrected chi connectivity index (χ3v) is 2.04. The maximum absolute atomic E-state index is 12.2. The summed E-state index contributed by atoms with van der Waals surface area (Å²) < 4.78 is 37.4. The Hall–Kier alpha value is -1.18. The van der Waals surface area contributed by atoms with Gasteiger partial charge >= 0.3 is 12.1 Å². The lowest BCUT2D eigenvalue weighted by molar-refractivity contribution is -0.141. The van der Waals surface area contributed by atoms with Crippen molar-refractivity contribution in [1.29, 1.82) is 0 Å². The van der Waals surface area contributed by atoms with Crippen LogP contribution in [0, 0.1) is 0 Å². The summed E-state index contributed by atoms with van der Waals surface area (Å²) in [6.45, 7) is 0. The van der Waals surface area contributed by atoms with E-state index in [9.17, 15) is 18.0 Å². The Morgan fingerprint density at radius 2 is 2.27 bits per heavy atom. The lowest BCUT2D eigenvalue weighted by Gasteiger charge is -2.01. The first-order chi connectivity index (χ1) is 6.86. The molecule has 0 unspecified atom stereocenters. The fourth-order valence-corrected chi connectivity index (χ4v) is 1.39. The second-order valence-corrected chi connectivity index (χ2v) is 3.47. The summed E-state index contributed by atoms with van der Waals surface area (Å²) in [7, 11) is 0. The van der Waals surface area contributed by atoms with Gasteiger partial charge in [0.2, 0.25) is 0 Å². The molecule has 0 fully saturated rings. The van der Waals surface area contributed by atoms with Crippen LogP contribution in [0.15, 0.2) is 6.07 Å². The van der Waals surface area contributed by atoms with Crippen molar-refractivity contribution in [2.75, 3.05) is 6.26 Å². The molecule has 4 nitrogen and oxygen atoms in total. The zero-order valence-corrected chi connectivity index (χ0v) is 8.39. The van der Waals surface area contributed by atoms with Crippen molar-refractivity contribution >= 4 is 17.7 Å². The zero-order chi connectivity index (χ0) is 11.6. The van der Waals surface area contributed by atoms with Crippen molar-refractivity contribution in [3.05, 3.63) is 17.5 Å². The molecular weight excluding hydrogens is 233 g/mol. The van der Waals surface area contributed by atoms with Crippen LogP contribution in [0.4, 0.5) is 13.2 Å². The number of rotatable bonds is 3. The van der Waals surface area contributed by atoms with E-state index in [0.29, 0.717) is 6.07 Å². The monoisotopic (exact) mass is 240 g/mol. The van der Waals surface area contributed by atoms with E-state index in [1.807, 2.05) is 0 Å². The van der Waals surface area contributed by atoms with Gasteiger partial charge in [-0.05, 0) is 6.26 Å². The average Bonchev–Trinajstić information content (AvgIpc) is 2.48. The van der Waals surface area contributed by atoms with E-state index in [-0.39, 0.29) is 5.88 Å². The highest BCUT2D eigenvalue weighted by molar-refractivity contribution is 7.97. The van der Waals surface area contributed by atoms with E-state index in [0.717, 1.165) is 4.68 Å². The molecule has 1 aromatic heterocycles. The van der Waals surface area contributed by atoms with Crippen molar-refractivity contribution in [2.45, 2.75) is 12.1 Å². The van der Waals surface area contributed by atoms with Gasteiger partial charge in [0.1, 0.15) is 5.69 Å². The fourth-order valence-electron chi connectivity index (χ4n) is 0.948. The molecule has 0 aliphatic rings. The quantitative estimate of drug-likeness (QED) is 0.876. The van der Waals surface area contributed by atoms with E-state index < -0.39 is 23.5 Å². The minimum Gasteiger partial charge on any atom is -0.477 e. The first kappa shape index (κ1) is 11.9. The minimum atomic E-state index is -4.62. The molecule has 1 N–H and O–H groups in total. The molecule has 0 amide bonds. The normalized spacial score (nSPS) is 11.7. The molecule has 0 saturated carbocycles. The zero-order valence-electron chi connectivity index (χ0n) is 7.58. The Bertz CT molecular complexity index is 375. The van der Waals surface area contributed by atoms with Crippen LogP contribution in [0.3, 0.4) is 0 Å². The highest BCUT2D eigenvalue weighted by atomic mass is 32.2. The Balaban J connectivity index is 3.15. The largest absolute Gasteiger partial charge is 0.477 e. The number of carboxylic acids is 1. The van der Waals surface area contributed by atoms with Crippen LogP contribution >= 0.6 is 11.8 Å². The summed E-state index contributed by atoms with van der Waals surface area (Å²) in [5.41, 5.74) is -1.65. The Morgan fingerprint density at radius 3 is 2.67 bits per heavy atom. The van der Waals surface area contributed by atoms with Crippen LogP contribution in [-0.4, -0.2) is 27.1 Å². The lowest BCUT2D eigenvalue weighted by Crippen LogP contribution is -2.09. The molecule has 8 heteroatoms. The molecule has 84 valence electrons. The van der Waals surface area contributed by atoms with E-state index >= 15 is 0 Å². The van der Waals surface area contributed by atoms with Gasteiger partial charge in [0.15, 0.2) is 5.69 Å². The molecule has 0 aliphatic heterocycles. The molecule has 0 atom stereocenters.